The Morgan fingerprint density at radius 3 is 2.00 bits per heavy atom. The summed E-state index contributed by atoms with van der Waals surface area (Å²) in [7, 11) is -2.86. The predicted octanol–water partition coefficient (Wildman–Crippen LogP) is 4.72. The van der Waals surface area contributed by atoms with Crippen LogP contribution < -0.4 is 9.62 Å². The molecule has 0 fully saturated rings. The van der Waals surface area contributed by atoms with Crippen LogP contribution in [0.15, 0.2) is 114 Å². The second kappa shape index (κ2) is 13.2. The second-order valence-corrected chi connectivity index (χ2v) is 11.5. The molecule has 0 bridgehead atoms. The molecule has 0 radical (unpaired) electrons. The monoisotopic (exact) mass is 573 g/mol. The highest BCUT2D eigenvalue weighted by atomic mass is 32.2. The Morgan fingerprint density at radius 2 is 1.39 bits per heavy atom. The molecule has 7 nitrogen and oxygen atoms in total. The van der Waals surface area contributed by atoms with Gasteiger partial charge in [-0.15, -0.1) is 0 Å². The first kappa shape index (κ1) is 29.5. The van der Waals surface area contributed by atoms with E-state index in [2.05, 4.69) is 5.32 Å². The first-order chi connectivity index (χ1) is 19.7. The first-order valence-electron chi connectivity index (χ1n) is 13.1. The molecular weight excluding hydrogens is 541 g/mol. The molecule has 1 N–H and O–H groups in total. The fraction of sp³-hybridized carbons (Fsp3) is 0.188. The minimum Gasteiger partial charge on any atom is -0.357 e. The van der Waals surface area contributed by atoms with Crippen LogP contribution in [0.1, 0.15) is 16.7 Å². The van der Waals surface area contributed by atoms with E-state index in [0.717, 1.165) is 27.1 Å². The highest BCUT2D eigenvalue weighted by Gasteiger charge is 2.35. The quantitative estimate of drug-likeness (QED) is 0.282. The van der Waals surface area contributed by atoms with E-state index in [4.69, 9.17) is 0 Å². The number of carbonyl (C=O) groups is 2. The van der Waals surface area contributed by atoms with Gasteiger partial charge in [-0.2, -0.15) is 0 Å². The first-order valence-corrected chi connectivity index (χ1v) is 14.6. The van der Waals surface area contributed by atoms with Gasteiger partial charge >= 0.3 is 0 Å². The molecule has 0 aliphatic rings. The molecule has 0 spiro atoms. The number of carbonyl (C=O) groups excluding carboxylic acids is 2. The maximum Gasteiger partial charge on any atom is 0.264 e. The normalized spacial score (nSPS) is 11.9. The van der Waals surface area contributed by atoms with Gasteiger partial charge in [-0.05, 0) is 42.3 Å². The lowest BCUT2D eigenvalue weighted by Gasteiger charge is -2.33. The van der Waals surface area contributed by atoms with E-state index in [1.807, 2.05) is 61.5 Å². The van der Waals surface area contributed by atoms with E-state index in [1.54, 1.807) is 18.2 Å². The number of nitrogens with one attached hydrogen (secondary N) is 1. The van der Waals surface area contributed by atoms with Gasteiger partial charge < -0.3 is 10.2 Å². The van der Waals surface area contributed by atoms with Gasteiger partial charge in [0.2, 0.25) is 11.8 Å². The summed E-state index contributed by atoms with van der Waals surface area (Å²) >= 11 is 0. The molecule has 41 heavy (non-hydrogen) atoms. The lowest BCUT2D eigenvalue weighted by molar-refractivity contribution is -0.139. The molecule has 4 aromatic carbocycles. The number of sulfonamides is 1. The minimum atomic E-state index is -4.35. The summed E-state index contributed by atoms with van der Waals surface area (Å²) in [6.45, 7) is 1.27. The molecule has 0 aliphatic carbocycles. The number of likely N-dealkylation sites (N-methyl/N-ethyl adjacent to an activating group) is 1. The van der Waals surface area contributed by atoms with Crippen molar-refractivity contribution in [3.05, 3.63) is 132 Å². The summed E-state index contributed by atoms with van der Waals surface area (Å²) in [6.07, 6.45) is 0.198. The minimum absolute atomic E-state index is 0.0422. The Kier molecular flexibility index (Phi) is 9.52. The number of halogens is 1. The van der Waals surface area contributed by atoms with Crippen LogP contribution in [0.25, 0.3) is 0 Å². The summed E-state index contributed by atoms with van der Waals surface area (Å²) in [5.41, 5.74) is 2.35. The van der Waals surface area contributed by atoms with Crippen molar-refractivity contribution in [3.8, 4) is 0 Å². The standard InChI is InChI=1S/C32H32FN3O4S/c1-24-17-19-26(20-18-24)22-35(30(32(38)34-2)21-25-11-5-3-6-12-25)31(37)23-36(29-16-10-9-15-28(29)33)41(39,40)27-13-7-4-8-14-27/h3-20,30H,21-23H2,1-2H3,(H,34,38). The third-order valence-corrected chi connectivity index (χ3v) is 8.50. The smallest absolute Gasteiger partial charge is 0.264 e. The van der Waals surface area contributed by atoms with Crippen molar-refractivity contribution in [2.24, 2.45) is 0 Å². The summed E-state index contributed by atoms with van der Waals surface area (Å²) in [4.78, 5) is 28.7. The Bertz CT molecular complexity index is 1580. The fourth-order valence-electron chi connectivity index (χ4n) is 4.50. The van der Waals surface area contributed by atoms with Gasteiger partial charge in [0.15, 0.2) is 0 Å². The number of amides is 2. The van der Waals surface area contributed by atoms with Crippen molar-refractivity contribution in [2.75, 3.05) is 17.9 Å². The summed E-state index contributed by atoms with van der Waals surface area (Å²) in [5, 5.41) is 2.64. The van der Waals surface area contributed by atoms with Crippen molar-refractivity contribution in [1.29, 1.82) is 0 Å². The number of rotatable bonds is 11. The van der Waals surface area contributed by atoms with Crippen molar-refractivity contribution in [1.82, 2.24) is 10.2 Å². The molecule has 0 heterocycles. The molecule has 0 aromatic heterocycles. The summed E-state index contributed by atoms with van der Waals surface area (Å²) in [6, 6.07) is 28.8. The third kappa shape index (κ3) is 7.18. The number of anilines is 1. The molecule has 1 unspecified atom stereocenters. The molecule has 0 saturated carbocycles. The second-order valence-electron chi connectivity index (χ2n) is 9.60. The zero-order valence-corrected chi connectivity index (χ0v) is 23.7. The van der Waals surface area contributed by atoms with Gasteiger partial charge in [-0.1, -0.05) is 90.5 Å². The van der Waals surface area contributed by atoms with E-state index in [0.29, 0.717) is 0 Å². The van der Waals surface area contributed by atoms with Crippen LogP contribution in [0.5, 0.6) is 0 Å². The number of nitrogens with zero attached hydrogens (tertiary/aromatic N) is 2. The van der Waals surface area contributed by atoms with Crippen molar-refractivity contribution < 1.29 is 22.4 Å². The van der Waals surface area contributed by atoms with Crippen molar-refractivity contribution in [3.63, 3.8) is 0 Å². The van der Waals surface area contributed by atoms with E-state index in [-0.39, 0.29) is 23.5 Å². The lowest BCUT2D eigenvalue weighted by atomic mass is 10.0. The maximum atomic E-state index is 15.1. The van der Waals surface area contributed by atoms with Crippen LogP contribution in [0.4, 0.5) is 10.1 Å². The molecular formula is C32H32FN3O4S. The van der Waals surface area contributed by atoms with Gasteiger partial charge in [0.25, 0.3) is 10.0 Å². The Labute approximate surface area is 240 Å². The average molecular weight is 574 g/mol. The predicted molar refractivity (Wildman–Crippen MR) is 157 cm³/mol. The zero-order chi connectivity index (χ0) is 29.4. The number of para-hydroxylation sites is 1. The average Bonchev–Trinajstić information content (AvgIpc) is 2.99. The van der Waals surface area contributed by atoms with Gasteiger partial charge in [0.1, 0.15) is 18.4 Å². The Hall–Kier alpha value is -4.50. The van der Waals surface area contributed by atoms with Crippen LogP contribution in [-0.2, 0) is 32.6 Å². The van der Waals surface area contributed by atoms with E-state index in [9.17, 15) is 18.0 Å². The lowest BCUT2D eigenvalue weighted by Crippen LogP contribution is -2.53. The SMILES string of the molecule is CNC(=O)C(Cc1ccccc1)N(Cc1ccc(C)cc1)C(=O)CN(c1ccccc1F)S(=O)(=O)c1ccccc1. The van der Waals surface area contributed by atoms with Crippen LogP contribution in [-0.4, -0.2) is 44.8 Å². The number of aryl methyl sites for hydroxylation is 1. The van der Waals surface area contributed by atoms with Gasteiger partial charge in [0.05, 0.1) is 10.6 Å². The Morgan fingerprint density at radius 1 is 0.805 bits per heavy atom. The van der Waals surface area contributed by atoms with Crippen LogP contribution in [0.2, 0.25) is 0 Å². The largest absolute Gasteiger partial charge is 0.357 e. The van der Waals surface area contributed by atoms with Gasteiger partial charge in [-0.3, -0.25) is 13.9 Å². The topological polar surface area (TPSA) is 86.8 Å². The maximum absolute atomic E-state index is 15.1. The Balaban J connectivity index is 1.78. The zero-order valence-electron chi connectivity index (χ0n) is 22.9. The molecule has 0 aliphatic heterocycles. The molecule has 0 saturated heterocycles. The summed E-state index contributed by atoms with van der Waals surface area (Å²) in [5.74, 6) is -1.85. The molecule has 1 atom stereocenters. The molecule has 9 heteroatoms. The van der Waals surface area contributed by atoms with Crippen molar-refractivity contribution >= 4 is 27.5 Å². The van der Waals surface area contributed by atoms with Gasteiger partial charge in [0, 0.05) is 20.0 Å². The number of hydrogen-bond acceptors (Lipinski definition) is 4. The summed E-state index contributed by atoms with van der Waals surface area (Å²) < 4.78 is 43.4. The van der Waals surface area contributed by atoms with Gasteiger partial charge in [-0.25, -0.2) is 12.8 Å². The number of benzene rings is 4. The third-order valence-electron chi connectivity index (χ3n) is 6.72. The van der Waals surface area contributed by atoms with Crippen LogP contribution >= 0.6 is 0 Å². The van der Waals surface area contributed by atoms with Crippen molar-refractivity contribution in [2.45, 2.75) is 30.8 Å². The molecule has 212 valence electrons. The molecule has 4 rings (SSSR count). The van der Waals surface area contributed by atoms with E-state index >= 15 is 4.39 Å². The van der Waals surface area contributed by atoms with E-state index in [1.165, 1.54) is 42.3 Å². The van der Waals surface area contributed by atoms with E-state index < -0.39 is 40.2 Å². The molecule has 2 amide bonds. The fourth-order valence-corrected chi connectivity index (χ4v) is 5.94. The highest BCUT2D eigenvalue weighted by Crippen LogP contribution is 2.27. The van der Waals surface area contributed by atoms with Crippen LogP contribution in [0.3, 0.4) is 0 Å². The van der Waals surface area contributed by atoms with Crippen LogP contribution in [0, 0.1) is 12.7 Å². The highest BCUT2D eigenvalue weighted by molar-refractivity contribution is 7.92. The molecule has 4 aromatic rings. The number of hydrogen-bond donors (Lipinski definition) is 1.